The van der Waals surface area contributed by atoms with Crippen molar-refractivity contribution in [2.24, 2.45) is 5.73 Å². The van der Waals surface area contributed by atoms with Gasteiger partial charge in [0.05, 0.1) is 0 Å². The van der Waals surface area contributed by atoms with Gasteiger partial charge in [-0.1, -0.05) is 0 Å². The summed E-state index contributed by atoms with van der Waals surface area (Å²) in [6.45, 7) is 0.854. The van der Waals surface area contributed by atoms with Crippen LogP contribution in [0.25, 0.3) is 0 Å². The highest BCUT2D eigenvalue weighted by Gasteiger charge is 2.23. The Kier molecular flexibility index (Phi) is 4.05. The van der Waals surface area contributed by atoms with E-state index >= 15 is 0 Å². The fourth-order valence-electron chi connectivity index (χ4n) is 1.56. The van der Waals surface area contributed by atoms with E-state index in [9.17, 15) is 9.59 Å². The molecule has 1 saturated heterocycles. The Morgan fingerprint density at radius 3 is 3.00 bits per heavy atom. The molecule has 0 aromatic heterocycles. The molecule has 6 heteroatoms. The minimum absolute atomic E-state index is 0.135. The Bertz CT molecular complexity index is 257. The molecule has 0 aliphatic carbocycles. The number of piperidine rings is 1. The quantitative estimate of drug-likeness (QED) is 0.536. The SMILES string of the molecule is CN1CC(NCC(N)C(=O)O)CCC1=O. The molecule has 1 heterocycles. The van der Waals surface area contributed by atoms with E-state index in [0.717, 1.165) is 6.42 Å². The zero-order chi connectivity index (χ0) is 11.4. The van der Waals surface area contributed by atoms with E-state index in [0.29, 0.717) is 13.0 Å². The third kappa shape index (κ3) is 3.49. The smallest absolute Gasteiger partial charge is 0.321 e. The summed E-state index contributed by atoms with van der Waals surface area (Å²) in [6, 6.07) is -0.731. The number of carboxylic acids is 1. The molecule has 0 radical (unpaired) electrons. The number of likely N-dealkylation sites (N-methyl/N-ethyl adjacent to an activating group) is 1. The lowest BCUT2D eigenvalue weighted by Crippen LogP contribution is -2.50. The van der Waals surface area contributed by atoms with Gasteiger partial charge < -0.3 is 21.1 Å². The molecule has 1 aliphatic heterocycles. The molecule has 2 unspecified atom stereocenters. The van der Waals surface area contributed by atoms with Crippen LogP contribution >= 0.6 is 0 Å². The Balaban J connectivity index is 2.28. The van der Waals surface area contributed by atoms with E-state index in [1.54, 1.807) is 11.9 Å². The number of hydrogen-bond acceptors (Lipinski definition) is 4. The Hall–Kier alpha value is -1.14. The topological polar surface area (TPSA) is 95.7 Å². The number of nitrogens with zero attached hydrogens (tertiary/aromatic N) is 1. The first-order valence-electron chi connectivity index (χ1n) is 4.96. The molecule has 1 aliphatic rings. The highest BCUT2D eigenvalue weighted by molar-refractivity contribution is 5.76. The van der Waals surface area contributed by atoms with Crippen LogP contribution < -0.4 is 11.1 Å². The molecule has 86 valence electrons. The molecular weight excluding hydrogens is 198 g/mol. The predicted octanol–water partition coefficient (Wildman–Crippen LogP) is -1.39. The van der Waals surface area contributed by atoms with E-state index in [1.165, 1.54) is 0 Å². The summed E-state index contributed by atoms with van der Waals surface area (Å²) in [5.74, 6) is -0.877. The Morgan fingerprint density at radius 2 is 2.47 bits per heavy atom. The second-order valence-electron chi connectivity index (χ2n) is 3.86. The summed E-state index contributed by atoms with van der Waals surface area (Å²) in [5.41, 5.74) is 5.35. The minimum atomic E-state index is -1.01. The zero-order valence-corrected chi connectivity index (χ0v) is 8.77. The van der Waals surface area contributed by atoms with Crippen molar-refractivity contribution < 1.29 is 14.7 Å². The molecule has 0 bridgehead atoms. The van der Waals surface area contributed by atoms with Crippen LogP contribution in [-0.4, -0.2) is 54.1 Å². The molecular formula is C9H17N3O3. The third-order valence-electron chi connectivity index (χ3n) is 2.57. The van der Waals surface area contributed by atoms with Crippen molar-refractivity contribution in [3.63, 3.8) is 0 Å². The van der Waals surface area contributed by atoms with Gasteiger partial charge in [-0.05, 0) is 6.42 Å². The monoisotopic (exact) mass is 215 g/mol. The van der Waals surface area contributed by atoms with Gasteiger partial charge in [0.15, 0.2) is 0 Å². The average Bonchev–Trinajstić information content (AvgIpc) is 2.19. The summed E-state index contributed by atoms with van der Waals surface area (Å²) in [7, 11) is 1.74. The number of aliphatic carboxylic acids is 1. The van der Waals surface area contributed by atoms with Crippen LogP contribution in [0.5, 0.6) is 0 Å². The van der Waals surface area contributed by atoms with Crippen LogP contribution in [0.3, 0.4) is 0 Å². The maximum atomic E-state index is 11.2. The lowest BCUT2D eigenvalue weighted by molar-refractivity contribution is -0.138. The average molecular weight is 215 g/mol. The van der Waals surface area contributed by atoms with Crippen LogP contribution in [-0.2, 0) is 9.59 Å². The van der Waals surface area contributed by atoms with Crippen molar-refractivity contribution in [1.82, 2.24) is 10.2 Å². The lowest BCUT2D eigenvalue weighted by atomic mass is 10.1. The zero-order valence-electron chi connectivity index (χ0n) is 8.77. The van der Waals surface area contributed by atoms with E-state index in [-0.39, 0.29) is 18.5 Å². The number of nitrogens with two attached hydrogens (primary N) is 1. The van der Waals surface area contributed by atoms with Gasteiger partial charge in [-0.15, -0.1) is 0 Å². The number of carbonyl (C=O) groups excluding carboxylic acids is 1. The van der Waals surface area contributed by atoms with Gasteiger partial charge in [-0.3, -0.25) is 9.59 Å². The lowest BCUT2D eigenvalue weighted by Gasteiger charge is -2.30. The fourth-order valence-corrected chi connectivity index (χ4v) is 1.56. The number of rotatable bonds is 4. The summed E-state index contributed by atoms with van der Waals surface area (Å²) in [5, 5.41) is 11.6. The molecule has 0 saturated carbocycles. The van der Waals surface area contributed by atoms with E-state index in [1.807, 2.05) is 0 Å². The maximum Gasteiger partial charge on any atom is 0.321 e. The van der Waals surface area contributed by atoms with Crippen molar-refractivity contribution in [3.05, 3.63) is 0 Å². The van der Waals surface area contributed by atoms with Gasteiger partial charge in [0, 0.05) is 32.6 Å². The van der Waals surface area contributed by atoms with Gasteiger partial charge in [-0.25, -0.2) is 0 Å². The van der Waals surface area contributed by atoms with Gasteiger partial charge >= 0.3 is 5.97 Å². The van der Waals surface area contributed by atoms with Gasteiger partial charge in [-0.2, -0.15) is 0 Å². The van der Waals surface area contributed by atoms with Gasteiger partial charge in [0.2, 0.25) is 5.91 Å². The summed E-state index contributed by atoms with van der Waals surface area (Å²) in [6.07, 6.45) is 1.26. The molecule has 6 nitrogen and oxygen atoms in total. The summed E-state index contributed by atoms with van der Waals surface area (Å²) in [4.78, 5) is 23.3. The van der Waals surface area contributed by atoms with E-state index in [4.69, 9.17) is 10.8 Å². The van der Waals surface area contributed by atoms with E-state index in [2.05, 4.69) is 5.32 Å². The molecule has 15 heavy (non-hydrogen) atoms. The van der Waals surface area contributed by atoms with Crippen LogP contribution in [0.1, 0.15) is 12.8 Å². The van der Waals surface area contributed by atoms with Crippen LogP contribution in [0.4, 0.5) is 0 Å². The van der Waals surface area contributed by atoms with Crippen molar-refractivity contribution in [2.45, 2.75) is 24.9 Å². The molecule has 1 rings (SSSR count). The number of carboxylic acid groups (broad SMARTS) is 1. The third-order valence-corrected chi connectivity index (χ3v) is 2.57. The largest absolute Gasteiger partial charge is 0.480 e. The second kappa shape index (κ2) is 5.09. The summed E-state index contributed by atoms with van der Waals surface area (Å²) < 4.78 is 0. The molecule has 4 N–H and O–H groups in total. The summed E-state index contributed by atoms with van der Waals surface area (Å²) >= 11 is 0. The predicted molar refractivity (Wildman–Crippen MR) is 54.3 cm³/mol. The minimum Gasteiger partial charge on any atom is -0.480 e. The van der Waals surface area contributed by atoms with Crippen LogP contribution in [0.2, 0.25) is 0 Å². The molecule has 1 fully saturated rings. The molecule has 0 aromatic carbocycles. The number of nitrogens with one attached hydrogen (secondary N) is 1. The molecule has 0 spiro atoms. The van der Waals surface area contributed by atoms with Gasteiger partial charge in [0.1, 0.15) is 6.04 Å². The van der Waals surface area contributed by atoms with E-state index < -0.39 is 12.0 Å². The first-order valence-corrected chi connectivity index (χ1v) is 4.96. The van der Waals surface area contributed by atoms with Crippen LogP contribution in [0.15, 0.2) is 0 Å². The number of hydrogen-bond donors (Lipinski definition) is 3. The number of likely N-dealkylation sites (tertiary alicyclic amines) is 1. The fraction of sp³-hybridized carbons (Fsp3) is 0.778. The molecule has 2 atom stereocenters. The second-order valence-corrected chi connectivity index (χ2v) is 3.86. The Morgan fingerprint density at radius 1 is 1.80 bits per heavy atom. The molecule has 1 amide bonds. The van der Waals surface area contributed by atoms with Crippen molar-refractivity contribution >= 4 is 11.9 Å². The van der Waals surface area contributed by atoms with Crippen molar-refractivity contribution in [3.8, 4) is 0 Å². The van der Waals surface area contributed by atoms with Crippen LogP contribution in [0, 0.1) is 0 Å². The maximum absolute atomic E-state index is 11.2. The first-order chi connectivity index (χ1) is 7.00. The Labute approximate surface area is 88.4 Å². The molecule has 0 aromatic rings. The van der Waals surface area contributed by atoms with Crippen molar-refractivity contribution in [2.75, 3.05) is 20.1 Å². The number of carbonyl (C=O) groups is 2. The first kappa shape index (κ1) is 11.9. The normalized spacial score (nSPS) is 24.0. The number of amides is 1. The van der Waals surface area contributed by atoms with Crippen molar-refractivity contribution in [1.29, 1.82) is 0 Å². The van der Waals surface area contributed by atoms with Gasteiger partial charge in [0.25, 0.3) is 0 Å². The standard InChI is InChI=1S/C9H17N3O3/c1-12-5-6(2-3-8(12)13)11-4-7(10)9(14)15/h6-7,11H,2-5,10H2,1H3,(H,14,15). The highest BCUT2D eigenvalue weighted by atomic mass is 16.4. The highest BCUT2D eigenvalue weighted by Crippen LogP contribution is 2.09.